The van der Waals surface area contributed by atoms with Crippen molar-refractivity contribution < 1.29 is 0 Å². The lowest BCUT2D eigenvalue weighted by molar-refractivity contribution is 0.672. The topological polar surface area (TPSA) is 94.3 Å². The third-order valence-corrected chi connectivity index (χ3v) is 6.84. The molecule has 0 fully saturated rings. The minimum atomic E-state index is -0.0348. The molecule has 5 rings (SSSR count). The quantitative estimate of drug-likeness (QED) is 0.266. The fourth-order valence-electron chi connectivity index (χ4n) is 4.12. The fourth-order valence-corrected chi connectivity index (χ4v) is 4.77. The molecule has 1 N–H and O–H groups in total. The summed E-state index contributed by atoms with van der Waals surface area (Å²) in [7, 11) is 0. The maximum atomic E-state index is 13.5. The molecule has 3 heterocycles. The zero-order valence-corrected chi connectivity index (χ0v) is 21.4. The fraction of sp³-hybridized carbons (Fsp3) is 0.192. The van der Waals surface area contributed by atoms with Crippen LogP contribution in [0.25, 0.3) is 28.3 Å². The van der Waals surface area contributed by atoms with Crippen LogP contribution in [-0.2, 0) is 13.0 Å². The van der Waals surface area contributed by atoms with Gasteiger partial charge in [-0.2, -0.15) is 0 Å². The molecular formula is C26H24IN7O. The summed E-state index contributed by atoms with van der Waals surface area (Å²) in [6.07, 6.45) is 6.77. The summed E-state index contributed by atoms with van der Waals surface area (Å²) < 4.78 is 4.66. The summed E-state index contributed by atoms with van der Waals surface area (Å²) in [5, 5.41) is 14.2. The number of nitrogens with one attached hydrogen (secondary N) is 1. The van der Waals surface area contributed by atoms with Crippen LogP contribution in [0.2, 0.25) is 0 Å². The van der Waals surface area contributed by atoms with E-state index < -0.39 is 0 Å². The van der Waals surface area contributed by atoms with E-state index in [9.17, 15) is 4.79 Å². The van der Waals surface area contributed by atoms with E-state index in [0.717, 1.165) is 56.6 Å². The molecule has 0 saturated heterocycles. The standard InChI is InChI=1S/C26H24IN7O/c1-2-3-8-19-17-34(24-12-7-6-11-22(24)27)26(35)33(19)16-18-13-14-23(28-15-18)20-9-4-5-10-21(20)25-29-31-32-30-25/h4-7,9-15,17H,2-3,8,16H2,1H3,(H,29,30,31,32). The van der Waals surface area contributed by atoms with Crippen molar-refractivity contribution in [2.24, 2.45) is 0 Å². The highest BCUT2D eigenvalue weighted by Gasteiger charge is 2.15. The molecule has 0 bridgehead atoms. The molecule has 0 aliphatic carbocycles. The van der Waals surface area contributed by atoms with Crippen LogP contribution < -0.4 is 5.69 Å². The molecule has 5 aromatic rings. The van der Waals surface area contributed by atoms with Crippen molar-refractivity contribution in [2.75, 3.05) is 0 Å². The van der Waals surface area contributed by atoms with Crippen LogP contribution in [0.4, 0.5) is 0 Å². The number of hydrogen-bond acceptors (Lipinski definition) is 5. The Labute approximate surface area is 216 Å². The van der Waals surface area contributed by atoms with Gasteiger partial charge in [-0.3, -0.25) is 14.1 Å². The predicted octanol–water partition coefficient (Wildman–Crippen LogP) is 4.88. The number of aryl methyl sites for hydroxylation is 1. The maximum Gasteiger partial charge on any atom is 0.333 e. The number of H-pyrrole nitrogens is 1. The summed E-state index contributed by atoms with van der Waals surface area (Å²) in [5.41, 5.74) is 5.50. The van der Waals surface area contributed by atoms with Crippen LogP contribution in [0.3, 0.4) is 0 Å². The van der Waals surface area contributed by atoms with E-state index in [1.54, 1.807) is 4.57 Å². The summed E-state index contributed by atoms with van der Waals surface area (Å²) in [4.78, 5) is 18.2. The molecule has 0 amide bonds. The number of unbranched alkanes of at least 4 members (excludes halogenated alkanes) is 1. The van der Waals surface area contributed by atoms with Gasteiger partial charge in [-0.25, -0.2) is 9.89 Å². The van der Waals surface area contributed by atoms with E-state index in [1.165, 1.54) is 0 Å². The highest BCUT2D eigenvalue weighted by atomic mass is 127. The third-order valence-electron chi connectivity index (χ3n) is 5.93. The van der Waals surface area contributed by atoms with Crippen LogP contribution in [0.5, 0.6) is 0 Å². The third kappa shape index (κ3) is 4.81. The van der Waals surface area contributed by atoms with Crippen molar-refractivity contribution in [2.45, 2.75) is 32.7 Å². The van der Waals surface area contributed by atoms with Crippen molar-refractivity contribution >= 4 is 22.6 Å². The van der Waals surface area contributed by atoms with Gasteiger partial charge >= 0.3 is 5.69 Å². The van der Waals surface area contributed by atoms with Gasteiger partial charge in [0, 0.05) is 32.8 Å². The predicted molar refractivity (Wildman–Crippen MR) is 143 cm³/mol. The number of aromatic amines is 1. The second-order valence-corrected chi connectivity index (χ2v) is 9.42. The molecule has 0 aliphatic heterocycles. The Kier molecular flexibility index (Phi) is 6.84. The van der Waals surface area contributed by atoms with Crippen molar-refractivity contribution in [3.8, 4) is 28.3 Å². The van der Waals surface area contributed by atoms with Gasteiger partial charge in [0.25, 0.3) is 0 Å². The molecule has 9 heteroatoms. The number of hydrogen-bond donors (Lipinski definition) is 1. The van der Waals surface area contributed by atoms with Crippen LogP contribution in [0.1, 0.15) is 31.0 Å². The Morgan fingerprint density at radius 3 is 2.51 bits per heavy atom. The zero-order chi connectivity index (χ0) is 24.2. The van der Waals surface area contributed by atoms with Crippen LogP contribution in [0, 0.1) is 3.57 Å². The molecular weight excluding hydrogens is 553 g/mol. The molecule has 176 valence electrons. The molecule has 0 unspecified atom stereocenters. The molecule has 2 aromatic carbocycles. The van der Waals surface area contributed by atoms with E-state index in [1.807, 2.05) is 77.6 Å². The molecule has 0 spiro atoms. The van der Waals surface area contributed by atoms with Gasteiger partial charge in [-0.15, -0.1) is 5.10 Å². The lowest BCUT2D eigenvalue weighted by atomic mass is 10.0. The monoisotopic (exact) mass is 577 g/mol. The van der Waals surface area contributed by atoms with Gasteiger partial charge in [-0.1, -0.05) is 55.8 Å². The molecule has 3 aromatic heterocycles. The van der Waals surface area contributed by atoms with Crippen LogP contribution in [0.15, 0.2) is 77.9 Å². The van der Waals surface area contributed by atoms with Gasteiger partial charge in [-0.05, 0) is 69.6 Å². The van der Waals surface area contributed by atoms with Crippen molar-refractivity contribution in [3.05, 3.63) is 98.4 Å². The first kappa shape index (κ1) is 23.2. The average Bonchev–Trinajstić information content (AvgIpc) is 3.53. The smallest absolute Gasteiger partial charge is 0.292 e. The lowest BCUT2D eigenvalue weighted by Crippen LogP contribution is -2.25. The highest BCUT2D eigenvalue weighted by molar-refractivity contribution is 14.1. The largest absolute Gasteiger partial charge is 0.333 e. The zero-order valence-electron chi connectivity index (χ0n) is 19.2. The van der Waals surface area contributed by atoms with Crippen molar-refractivity contribution in [3.63, 3.8) is 0 Å². The molecule has 0 radical (unpaired) electrons. The Balaban J connectivity index is 1.47. The van der Waals surface area contributed by atoms with E-state index in [2.05, 4.69) is 50.1 Å². The van der Waals surface area contributed by atoms with E-state index in [4.69, 9.17) is 4.98 Å². The summed E-state index contributed by atoms with van der Waals surface area (Å²) in [6, 6.07) is 19.8. The Morgan fingerprint density at radius 2 is 1.80 bits per heavy atom. The number of nitrogens with zero attached hydrogens (tertiary/aromatic N) is 6. The number of rotatable bonds is 8. The van der Waals surface area contributed by atoms with Gasteiger partial charge < -0.3 is 0 Å². The molecule has 35 heavy (non-hydrogen) atoms. The number of pyridine rings is 1. The number of halogens is 1. The summed E-state index contributed by atoms with van der Waals surface area (Å²) >= 11 is 2.28. The first-order valence-electron chi connectivity index (χ1n) is 11.5. The second kappa shape index (κ2) is 10.3. The van der Waals surface area contributed by atoms with Gasteiger partial charge in [0.2, 0.25) is 0 Å². The normalized spacial score (nSPS) is 11.1. The summed E-state index contributed by atoms with van der Waals surface area (Å²) in [6.45, 7) is 2.63. The van der Waals surface area contributed by atoms with Crippen LogP contribution >= 0.6 is 22.6 Å². The minimum absolute atomic E-state index is 0.0348. The van der Waals surface area contributed by atoms with E-state index in [0.29, 0.717) is 12.4 Å². The van der Waals surface area contributed by atoms with Crippen LogP contribution in [-0.4, -0.2) is 34.7 Å². The number of imidazole rings is 1. The second-order valence-electron chi connectivity index (χ2n) is 8.26. The Bertz CT molecular complexity index is 1490. The molecule has 0 aliphatic rings. The van der Waals surface area contributed by atoms with Gasteiger partial charge in [0.05, 0.1) is 17.9 Å². The van der Waals surface area contributed by atoms with Gasteiger partial charge in [0.15, 0.2) is 5.82 Å². The Hall–Kier alpha value is -3.60. The number of benzene rings is 2. The Morgan fingerprint density at radius 1 is 1.00 bits per heavy atom. The first-order valence-corrected chi connectivity index (χ1v) is 12.6. The average molecular weight is 577 g/mol. The highest BCUT2D eigenvalue weighted by Crippen LogP contribution is 2.28. The number of para-hydroxylation sites is 1. The van der Waals surface area contributed by atoms with E-state index >= 15 is 0 Å². The first-order chi connectivity index (χ1) is 17.2. The van der Waals surface area contributed by atoms with Crippen molar-refractivity contribution in [1.82, 2.24) is 34.7 Å². The van der Waals surface area contributed by atoms with Crippen molar-refractivity contribution in [1.29, 1.82) is 0 Å². The molecule has 8 nitrogen and oxygen atoms in total. The number of tetrazole rings is 1. The van der Waals surface area contributed by atoms with E-state index in [-0.39, 0.29) is 5.69 Å². The minimum Gasteiger partial charge on any atom is -0.292 e. The SMILES string of the molecule is CCCCc1cn(-c2ccccc2I)c(=O)n1Cc1ccc(-c2ccccc2-c2nnn[nH]2)nc1. The number of aromatic nitrogens is 7. The summed E-state index contributed by atoms with van der Waals surface area (Å²) in [5.74, 6) is 0.593. The maximum absolute atomic E-state index is 13.5. The molecule has 0 atom stereocenters. The lowest BCUT2D eigenvalue weighted by Gasteiger charge is -2.09. The molecule has 0 saturated carbocycles. The van der Waals surface area contributed by atoms with Gasteiger partial charge in [0.1, 0.15) is 0 Å².